The van der Waals surface area contributed by atoms with Crippen LogP contribution in [0.3, 0.4) is 0 Å². The largest absolute Gasteiger partial charge is 0.503 e. The molecule has 1 atom stereocenters. The third-order valence-electron chi connectivity index (χ3n) is 5.30. The van der Waals surface area contributed by atoms with E-state index in [-0.39, 0.29) is 17.0 Å². The van der Waals surface area contributed by atoms with Gasteiger partial charge in [0, 0.05) is 11.1 Å². The molecule has 1 N–H and O–H groups in total. The maximum absolute atomic E-state index is 13.9. The Balaban J connectivity index is 1.67. The summed E-state index contributed by atoms with van der Waals surface area (Å²) in [6, 6.07) is 22.1. The molecule has 3 aromatic carbocycles. The van der Waals surface area contributed by atoms with E-state index in [1.165, 1.54) is 23.1 Å². The topological polar surface area (TPSA) is 70.8 Å². The number of nitrogens with zero attached hydrogens (tertiary/aromatic N) is 1. The van der Waals surface area contributed by atoms with Crippen LogP contribution < -0.4 is 4.90 Å². The van der Waals surface area contributed by atoms with Crippen molar-refractivity contribution in [3.63, 3.8) is 0 Å². The molecule has 1 aromatic heterocycles. The van der Waals surface area contributed by atoms with Crippen LogP contribution in [0.15, 0.2) is 101 Å². The predicted molar refractivity (Wildman–Crippen MR) is 113 cm³/mol. The summed E-state index contributed by atoms with van der Waals surface area (Å²) in [6.45, 7) is 0. The molecule has 1 aliphatic rings. The maximum atomic E-state index is 13.9. The summed E-state index contributed by atoms with van der Waals surface area (Å²) >= 11 is 0. The number of fused-ring (bicyclic) bond motifs is 1. The molecule has 1 unspecified atom stereocenters. The number of Topliss-reactive ketones (excluding diaryl/α,β-unsaturated/α-hetero) is 1. The average molecular weight is 413 g/mol. The first-order chi connectivity index (χ1) is 15.0. The smallest absolute Gasteiger partial charge is 0.294 e. The van der Waals surface area contributed by atoms with Crippen LogP contribution in [0.4, 0.5) is 10.1 Å². The van der Waals surface area contributed by atoms with Gasteiger partial charge in [-0.3, -0.25) is 14.5 Å². The van der Waals surface area contributed by atoms with E-state index in [2.05, 4.69) is 0 Å². The van der Waals surface area contributed by atoms with E-state index >= 15 is 0 Å². The Morgan fingerprint density at radius 2 is 1.68 bits per heavy atom. The highest BCUT2D eigenvalue weighted by Crippen LogP contribution is 2.42. The van der Waals surface area contributed by atoms with Crippen LogP contribution in [0, 0.1) is 5.82 Å². The highest BCUT2D eigenvalue weighted by Gasteiger charge is 2.45. The molecule has 0 bridgehead atoms. The standard InChI is InChI=1S/C25H16FNO4/c26-17-10-6-11-18(14-17)27-22(15-7-2-1-3-8-15)21(24(29)25(27)30)23(28)20-13-16-9-4-5-12-19(16)31-20/h1-14,22,29H. The van der Waals surface area contributed by atoms with Crippen LogP contribution >= 0.6 is 0 Å². The third-order valence-corrected chi connectivity index (χ3v) is 5.30. The Morgan fingerprint density at radius 3 is 2.42 bits per heavy atom. The molecule has 5 rings (SSSR count). The summed E-state index contributed by atoms with van der Waals surface area (Å²) < 4.78 is 19.6. The zero-order valence-corrected chi connectivity index (χ0v) is 16.2. The predicted octanol–water partition coefficient (Wildman–Crippen LogP) is 5.35. The fraction of sp³-hybridized carbons (Fsp3) is 0.0400. The Labute approximate surface area is 176 Å². The molecule has 0 saturated heterocycles. The Bertz CT molecular complexity index is 1320. The number of hydrogen-bond donors (Lipinski definition) is 1. The number of aliphatic hydroxyl groups excluding tert-OH is 1. The first-order valence-corrected chi connectivity index (χ1v) is 9.65. The summed E-state index contributed by atoms with van der Waals surface area (Å²) in [7, 11) is 0. The molecule has 2 heterocycles. The minimum Gasteiger partial charge on any atom is -0.503 e. The Morgan fingerprint density at radius 1 is 0.935 bits per heavy atom. The summed E-state index contributed by atoms with van der Waals surface area (Å²) in [5, 5.41) is 11.5. The molecule has 0 aliphatic carbocycles. The monoisotopic (exact) mass is 413 g/mol. The van der Waals surface area contributed by atoms with E-state index in [0.717, 1.165) is 5.39 Å². The van der Waals surface area contributed by atoms with Crippen LogP contribution in [0.2, 0.25) is 0 Å². The van der Waals surface area contributed by atoms with Crippen molar-refractivity contribution in [2.24, 2.45) is 0 Å². The first-order valence-electron chi connectivity index (χ1n) is 9.65. The van der Waals surface area contributed by atoms with Gasteiger partial charge < -0.3 is 9.52 Å². The van der Waals surface area contributed by atoms with Crippen LogP contribution in [0.25, 0.3) is 11.0 Å². The average Bonchev–Trinajstić information content (AvgIpc) is 3.33. The molecule has 31 heavy (non-hydrogen) atoms. The van der Waals surface area contributed by atoms with Crippen LogP contribution in [-0.2, 0) is 4.79 Å². The van der Waals surface area contributed by atoms with Gasteiger partial charge in [0.1, 0.15) is 11.4 Å². The zero-order valence-electron chi connectivity index (χ0n) is 16.2. The lowest BCUT2D eigenvalue weighted by Crippen LogP contribution is -2.31. The normalized spacial score (nSPS) is 16.4. The van der Waals surface area contributed by atoms with E-state index in [1.807, 2.05) is 6.07 Å². The molecule has 5 nitrogen and oxygen atoms in total. The second-order valence-corrected chi connectivity index (χ2v) is 7.21. The molecule has 0 radical (unpaired) electrons. The summed E-state index contributed by atoms with van der Waals surface area (Å²) in [6.07, 6.45) is 0. The number of anilines is 1. The molecule has 0 fully saturated rings. The SMILES string of the molecule is O=C(C1=C(O)C(=O)N(c2cccc(F)c2)C1c1ccccc1)c1cc2ccccc2o1. The van der Waals surface area contributed by atoms with Crippen LogP contribution in [-0.4, -0.2) is 16.8 Å². The van der Waals surface area contributed by atoms with Crippen molar-refractivity contribution >= 4 is 28.3 Å². The molecular weight excluding hydrogens is 397 g/mol. The van der Waals surface area contributed by atoms with Crippen LogP contribution in [0.5, 0.6) is 0 Å². The van der Waals surface area contributed by atoms with Crippen LogP contribution in [0.1, 0.15) is 22.2 Å². The van der Waals surface area contributed by atoms with Crippen molar-refractivity contribution in [3.8, 4) is 0 Å². The molecule has 152 valence electrons. The number of carbonyl (C=O) groups is 2. The van der Waals surface area contributed by atoms with Gasteiger partial charge in [0.15, 0.2) is 11.5 Å². The number of para-hydroxylation sites is 1. The van der Waals surface area contributed by atoms with E-state index in [0.29, 0.717) is 11.1 Å². The molecule has 4 aromatic rings. The summed E-state index contributed by atoms with van der Waals surface area (Å²) in [4.78, 5) is 27.7. The first kappa shape index (κ1) is 18.8. The van der Waals surface area contributed by atoms with Crippen molar-refractivity contribution in [2.45, 2.75) is 6.04 Å². The number of halogens is 1. The lowest BCUT2D eigenvalue weighted by atomic mass is 9.95. The minimum absolute atomic E-state index is 0.0116. The van der Waals surface area contributed by atoms with E-state index in [4.69, 9.17) is 4.42 Å². The molecular formula is C25H16FNO4. The Hall–Kier alpha value is -4.19. The van der Waals surface area contributed by atoms with E-state index in [1.54, 1.807) is 60.7 Å². The van der Waals surface area contributed by atoms with E-state index in [9.17, 15) is 19.1 Å². The van der Waals surface area contributed by atoms with Gasteiger partial charge in [-0.1, -0.05) is 54.6 Å². The second kappa shape index (κ2) is 7.25. The molecule has 1 amide bonds. The number of aliphatic hydroxyl groups is 1. The summed E-state index contributed by atoms with van der Waals surface area (Å²) in [5.74, 6) is -2.58. The van der Waals surface area contributed by atoms with E-state index < -0.39 is 29.3 Å². The third kappa shape index (κ3) is 3.09. The molecule has 1 aliphatic heterocycles. The summed E-state index contributed by atoms with van der Waals surface area (Å²) in [5.41, 5.74) is 1.24. The number of ketones is 1. The van der Waals surface area contributed by atoms with Gasteiger partial charge in [0.2, 0.25) is 5.78 Å². The number of amides is 1. The van der Waals surface area contributed by atoms with Gasteiger partial charge in [-0.15, -0.1) is 0 Å². The highest BCUT2D eigenvalue weighted by molar-refractivity contribution is 6.20. The van der Waals surface area contributed by atoms with Gasteiger partial charge >= 0.3 is 0 Å². The lowest BCUT2D eigenvalue weighted by molar-refractivity contribution is -0.117. The molecule has 6 heteroatoms. The van der Waals surface area contributed by atoms with Gasteiger partial charge in [0.05, 0.1) is 11.6 Å². The van der Waals surface area contributed by atoms with Crippen molar-refractivity contribution < 1.29 is 23.5 Å². The van der Waals surface area contributed by atoms with Crippen molar-refractivity contribution in [2.75, 3.05) is 4.90 Å². The van der Waals surface area contributed by atoms with Crippen molar-refractivity contribution in [1.29, 1.82) is 0 Å². The second-order valence-electron chi connectivity index (χ2n) is 7.21. The quantitative estimate of drug-likeness (QED) is 0.458. The number of hydrogen-bond acceptors (Lipinski definition) is 4. The van der Waals surface area contributed by atoms with Gasteiger partial charge in [-0.25, -0.2) is 4.39 Å². The number of rotatable bonds is 4. The van der Waals surface area contributed by atoms with Gasteiger partial charge in [-0.05, 0) is 35.9 Å². The fourth-order valence-corrected chi connectivity index (χ4v) is 3.91. The van der Waals surface area contributed by atoms with Crippen molar-refractivity contribution in [3.05, 3.63) is 113 Å². The highest BCUT2D eigenvalue weighted by atomic mass is 19.1. The van der Waals surface area contributed by atoms with Gasteiger partial charge in [-0.2, -0.15) is 0 Å². The molecule has 0 saturated carbocycles. The number of carbonyl (C=O) groups excluding carboxylic acids is 2. The van der Waals surface area contributed by atoms with Crippen molar-refractivity contribution in [1.82, 2.24) is 0 Å². The fourth-order valence-electron chi connectivity index (χ4n) is 3.91. The Kier molecular flexibility index (Phi) is 4.40. The molecule has 0 spiro atoms. The maximum Gasteiger partial charge on any atom is 0.294 e. The number of furan rings is 1. The number of benzene rings is 3. The zero-order chi connectivity index (χ0) is 21.5. The van der Waals surface area contributed by atoms with Gasteiger partial charge in [0.25, 0.3) is 5.91 Å². The lowest BCUT2D eigenvalue weighted by Gasteiger charge is -2.26. The minimum atomic E-state index is -0.934.